The Kier molecular flexibility index (Phi) is 3.82. The number of benzene rings is 1. The topological polar surface area (TPSA) is 49.5 Å². The van der Waals surface area contributed by atoms with E-state index in [4.69, 9.17) is 5.73 Å². The van der Waals surface area contributed by atoms with Crippen LogP contribution in [-0.4, -0.2) is 24.3 Å². The maximum absolute atomic E-state index is 10.4. The summed E-state index contributed by atoms with van der Waals surface area (Å²) in [7, 11) is 2.03. The van der Waals surface area contributed by atoms with E-state index in [1.165, 1.54) is 0 Å². The third-order valence-electron chi connectivity index (χ3n) is 3.45. The fourth-order valence-electron chi connectivity index (χ4n) is 2.55. The molecule has 1 saturated carbocycles. The van der Waals surface area contributed by atoms with Crippen molar-refractivity contribution in [1.82, 2.24) is 0 Å². The van der Waals surface area contributed by atoms with Gasteiger partial charge in [0.15, 0.2) is 0 Å². The smallest absolute Gasteiger partial charge is 0.0821 e. The van der Waals surface area contributed by atoms with Crippen molar-refractivity contribution in [2.45, 2.75) is 31.3 Å². The van der Waals surface area contributed by atoms with E-state index in [2.05, 4.69) is 27.5 Å². The van der Waals surface area contributed by atoms with Gasteiger partial charge in [-0.15, -0.1) is 0 Å². The summed E-state index contributed by atoms with van der Waals surface area (Å²) in [5.74, 6) is 0. The Balaban J connectivity index is 2.11. The molecule has 1 aliphatic carbocycles. The van der Waals surface area contributed by atoms with E-state index in [1.807, 2.05) is 25.2 Å². The lowest BCUT2D eigenvalue weighted by atomic mass is 10.0. The Labute approximate surface area is 116 Å². The third-order valence-corrected chi connectivity index (χ3v) is 4.31. The first-order valence-electron chi connectivity index (χ1n) is 5.99. The van der Waals surface area contributed by atoms with Crippen molar-refractivity contribution in [1.29, 1.82) is 0 Å². The molecule has 0 bridgehead atoms. The number of rotatable bonds is 3. The third kappa shape index (κ3) is 3.04. The number of aliphatic hydroxyl groups is 1. The van der Waals surface area contributed by atoms with Crippen LogP contribution in [-0.2, 0) is 0 Å². The van der Waals surface area contributed by atoms with Crippen molar-refractivity contribution in [3.8, 4) is 0 Å². The van der Waals surface area contributed by atoms with E-state index in [0.29, 0.717) is 6.54 Å². The van der Waals surface area contributed by atoms with Crippen molar-refractivity contribution in [3.05, 3.63) is 21.8 Å². The van der Waals surface area contributed by atoms with Gasteiger partial charge in [-0.05, 0) is 53.6 Å². The summed E-state index contributed by atoms with van der Waals surface area (Å²) >= 11 is 2.29. The van der Waals surface area contributed by atoms with Crippen molar-refractivity contribution in [2.24, 2.45) is 0 Å². The minimum absolute atomic E-state index is 0.501. The highest BCUT2D eigenvalue weighted by atomic mass is 127. The summed E-state index contributed by atoms with van der Waals surface area (Å²) in [5, 5.41) is 10.4. The minimum Gasteiger partial charge on any atom is -0.399 e. The molecule has 0 heterocycles. The quantitative estimate of drug-likeness (QED) is 0.654. The molecule has 0 spiro atoms. The zero-order valence-corrected chi connectivity index (χ0v) is 12.3. The van der Waals surface area contributed by atoms with Gasteiger partial charge in [-0.25, -0.2) is 0 Å². The minimum atomic E-state index is -0.501. The molecule has 4 heteroatoms. The SMILES string of the molecule is CN(CC1(O)CCCC1)c1ccc(N)cc1I. The van der Waals surface area contributed by atoms with E-state index < -0.39 is 5.60 Å². The van der Waals surface area contributed by atoms with Crippen molar-refractivity contribution in [2.75, 3.05) is 24.2 Å². The number of halogens is 1. The van der Waals surface area contributed by atoms with Crippen LogP contribution in [0.1, 0.15) is 25.7 Å². The van der Waals surface area contributed by atoms with E-state index in [0.717, 1.165) is 40.6 Å². The molecule has 1 aromatic carbocycles. The Hall–Kier alpha value is -0.490. The van der Waals surface area contributed by atoms with Crippen LogP contribution in [0.2, 0.25) is 0 Å². The van der Waals surface area contributed by atoms with Gasteiger partial charge in [0.25, 0.3) is 0 Å². The number of hydrogen-bond acceptors (Lipinski definition) is 3. The molecule has 3 nitrogen and oxygen atoms in total. The second kappa shape index (κ2) is 5.02. The summed E-state index contributed by atoms with van der Waals surface area (Å²) in [5.41, 5.74) is 7.17. The van der Waals surface area contributed by atoms with Crippen LogP contribution in [0.4, 0.5) is 11.4 Å². The van der Waals surface area contributed by atoms with Gasteiger partial charge >= 0.3 is 0 Å². The molecular formula is C13H19IN2O. The Morgan fingerprint density at radius 1 is 1.41 bits per heavy atom. The number of nitrogen functional groups attached to an aromatic ring is 1. The molecule has 0 radical (unpaired) electrons. The number of hydrogen-bond donors (Lipinski definition) is 2. The molecule has 1 aromatic rings. The molecular weight excluding hydrogens is 327 g/mol. The van der Waals surface area contributed by atoms with Gasteiger partial charge in [0.2, 0.25) is 0 Å². The Morgan fingerprint density at radius 3 is 2.65 bits per heavy atom. The van der Waals surface area contributed by atoms with Crippen LogP contribution in [0.3, 0.4) is 0 Å². The fraction of sp³-hybridized carbons (Fsp3) is 0.538. The number of nitrogens with two attached hydrogens (primary N) is 1. The lowest BCUT2D eigenvalue weighted by Gasteiger charge is -2.30. The van der Waals surface area contributed by atoms with E-state index >= 15 is 0 Å². The van der Waals surface area contributed by atoms with Crippen molar-refractivity contribution < 1.29 is 5.11 Å². The summed E-state index contributed by atoms with van der Waals surface area (Å²) in [4.78, 5) is 2.13. The van der Waals surface area contributed by atoms with E-state index in [1.54, 1.807) is 0 Å². The molecule has 0 unspecified atom stereocenters. The molecule has 17 heavy (non-hydrogen) atoms. The van der Waals surface area contributed by atoms with Gasteiger partial charge in [-0.1, -0.05) is 12.8 Å². The predicted molar refractivity (Wildman–Crippen MR) is 80.3 cm³/mol. The fourth-order valence-corrected chi connectivity index (χ4v) is 3.50. The van der Waals surface area contributed by atoms with Gasteiger partial charge in [0.05, 0.1) is 11.3 Å². The monoisotopic (exact) mass is 346 g/mol. The van der Waals surface area contributed by atoms with Gasteiger partial charge < -0.3 is 15.7 Å². The molecule has 0 aliphatic heterocycles. The maximum Gasteiger partial charge on any atom is 0.0821 e. The zero-order chi connectivity index (χ0) is 12.5. The van der Waals surface area contributed by atoms with Gasteiger partial charge in [0.1, 0.15) is 0 Å². The first kappa shape index (κ1) is 13.0. The molecule has 1 fully saturated rings. The van der Waals surface area contributed by atoms with Crippen molar-refractivity contribution >= 4 is 34.0 Å². The maximum atomic E-state index is 10.4. The number of likely N-dealkylation sites (N-methyl/N-ethyl adjacent to an activating group) is 1. The molecule has 0 aromatic heterocycles. The average molecular weight is 346 g/mol. The van der Waals surface area contributed by atoms with Gasteiger partial charge in [-0.2, -0.15) is 0 Å². The first-order chi connectivity index (χ1) is 8.00. The van der Waals surface area contributed by atoms with Crippen LogP contribution >= 0.6 is 22.6 Å². The molecule has 94 valence electrons. The molecule has 0 atom stereocenters. The van der Waals surface area contributed by atoms with Crippen LogP contribution in [0.15, 0.2) is 18.2 Å². The predicted octanol–water partition coefficient (Wildman–Crippen LogP) is 2.61. The largest absolute Gasteiger partial charge is 0.399 e. The highest BCUT2D eigenvalue weighted by molar-refractivity contribution is 14.1. The molecule has 0 amide bonds. The van der Waals surface area contributed by atoms with Crippen LogP contribution in [0.5, 0.6) is 0 Å². The van der Waals surface area contributed by atoms with E-state index in [9.17, 15) is 5.11 Å². The lowest BCUT2D eigenvalue weighted by Crippen LogP contribution is -2.39. The number of nitrogens with zero attached hydrogens (tertiary/aromatic N) is 1. The molecule has 2 rings (SSSR count). The second-order valence-electron chi connectivity index (χ2n) is 5.00. The van der Waals surface area contributed by atoms with Crippen LogP contribution in [0.25, 0.3) is 0 Å². The number of anilines is 2. The molecule has 3 N–H and O–H groups in total. The summed E-state index contributed by atoms with van der Waals surface area (Å²) in [6, 6.07) is 5.90. The normalized spacial score (nSPS) is 18.3. The molecule has 1 aliphatic rings. The van der Waals surface area contributed by atoms with E-state index in [-0.39, 0.29) is 0 Å². The highest BCUT2D eigenvalue weighted by Crippen LogP contribution is 2.32. The van der Waals surface area contributed by atoms with Crippen LogP contribution in [0, 0.1) is 3.57 Å². The summed E-state index contributed by atoms with van der Waals surface area (Å²) in [6.45, 7) is 0.701. The lowest BCUT2D eigenvalue weighted by molar-refractivity contribution is 0.0559. The Bertz CT molecular complexity index is 402. The second-order valence-corrected chi connectivity index (χ2v) is 6.16. The molecule has 0 saturated heterocycles. The Morgan fingerprint density at radius 2 is 2.06 bits per heavy atom. The first-order valence-corrected chi connectivity index (χ1v) is 7.07. The van der Waals surface area contributed by atoms with Crippen molar-refractivity contribution in [3.63, 3.8) is 0 Å². The summed E-state index contributed by atoms with van der Waals surface area (Å²) in [6.07, 6.45) is 4.12. The summed E-state index contributed by atoms with van der Waals surface area (Å²) < 4.78 is 1.13. The zero-order valence-electron chi connectivity index (χ0n) is 10.1. The standard InChI is InChI=1S/C13H19IN2O/c1-16(9-13(17)6-2-3-7-13)12-5-4-10(15)8-11(12)14/h4-5,8,17H,2-3,6-7,9,15H2,1H3. The van der Waals surface area contributed by atoms with Gasteiger partial charge in [-0.3, -0.25) is 0 Å². The average Bonchev–Trinajstić information content (AvgIpc) is 2.64. The highest BCUT2D eigenvalue weighted by Gasteiger charge is 2.32. The van der Waals surface area contributed by atoms with Crippen LogP contribution < -0.4 is 10.6 Å². The van der Waals surface area contributed by atoms with Gasteiger partial charge in [0, 0.05) is 22.8 Å².